The van der Waals surface area contributed by atoms with Crippen LogP contribution in [0, 0.1) is 11.3 Å². The van der Waals surface area contributed by atoms with E-state index in [4.69, 9.17) is 14.7 Å². The fourth-order valence-electron chi connectivity index (χ4n) is 2.27. The number of nitriles is 1. The van der Waals surface area contributed by atoms with Gasteiger partial charge in [-0.05, 0) is 47.5 Å². The number of benzene rings is 3. The van der Waals surface area contributed by atoms with E-state index >= 15 is 0 Å². The molecule has 0 spiro atoms. The lowest BCUT2D eigenvalue weighted by molar-refractivity contribution is -0.136. The van der Waals surface area contributed by atoms with E-state index in [1.807, 2.05) is 60.7 Å². The summed E-state index contributed by atoms with van der Waals surface area (Å²) in [6.07, 6.45) is 0. The zero-order valence-corrected chi connectivity index (χ0v) is 13.4. The van der Waals surface area contributed by atoms with E-state index in [1.54, 1.807) is 24.3 Å². The summed E-state index contributed by atoms with van der Waals surface area (Å²) in [7, 11) is 0. The standard InChI is InChI=1S/C21H15NO3/c22-14-16-6-10-20(11-7-16)25-21(23)15-24-19-12-8-18(9-13-19)17-4-2-1-3-5-17/h1-13H,15H2. The summed E-state index contributed by atoms with van der Waals surface area (Å²) in [5, 5.41) is 8.74. The van der Waals surface area contributed by atoms with Gasteiger partial charge in [0.05, 0.1) is 11.6 Å². The van der Waals surface area contributed by atoms with Crippen LogP contribution in [0.15, 0.2) is 78.9 Å². The van der Waals surface area contributed by atoms with Crippen LogP contribution < -0.4 is 9.47 Å². The molecule has 3 aromatic rings. The molecule has 0 aliphatic heterocycles. The van der Waals surface area contributed by atoms with E-state index < -0.39 is 5.97 Å². The highest BCUT2D eigenvalue weighted by Gasteiger charge is 2.07. The van der Waals surface area contributed by atoms with E-state index in [2.05, 4.69) is 0 Å². The van der Waals surface area contributed by atoms with Crippen LogP contribution in [-0.2, 0) is 4.79 Å². The summed E-state index contributed by atoms with van der Waals surface area (Å²) in [4.78, 5) is 11.8. The number of hydrogen-bond donors (Lipinski definition) is 0. The first-order valence-corrected chi connectivity index (χ1v) is 7.74. The largest absolute Gasteiger partial charge is 0.482 e. The van der Waals surface area contributed by atoms with Crippen molar-refractivity contribution in [3.05, 3.63) is 84.4 Å². The Hall–Kier alpha value is -3.58. The van der Waals surface area contributed by atoms with Gasteiger partial charge in [-0.1, -0.05) is 42.5 Å². The Morgan fingerprint density at radius 1 is 0.800 bits per heavy atom. The molecule has 0 fully saturated rings. The highest BCUT2D eigenvalue weighted by molar-refractivity contribution is 5.74. The quantitative estimate of drug-likeness (QED) is 0.520. The molecule has 0 aliphatic rings. The third kappa shape index (κ3) is 4.46. The first kappa shape index (κ1) is 16.3. The maximum Gasteiger partial charge on any atom is 0.349 e. The third-order valence-corrected chi connectivity index (χ3v) is 3.53. The van der Waals surface area contributed by atoms with Crippen molar-refractivity contribution in [1.29, 1.82) is 5.26 Å². The Morgan fingerprint density at radius 2 is 1.40 bits per heavy atom. The number of esters is 1. The molecular formula is C21H15NO3. The third-order valence-electron chi connectivity index (χ3n) is 3.53. The van der Waals surface area contributed by atoms with Gasteiger partial charge in [-0.15, -0.1) is 0 Å². The number of rotatable bonds is 5. The molecule has 0 aromatic heterocycles. The van der Waals surface area contributed by atoms with Crippen molar-refractivity contribution in [3.8, 4) is 28.7 Å². The molecule has 25 heavy (non-hydrogen) atoms. The summed E-state index contributed by atoms with van der Waals surface area (Å²) < 4.78 is 10.6. The van der Waals surface area contributed by atoms with Gasteiger partial charge in [-0.2, -0.15) is 5.26 Å². The number of nitrogens with zero attached hydrogens (tertiary/aromatic N) is 1. The summed E-state index contributed by atoms with van der Waals surface area (Å²) in [5.74, 6) is 0.473. The summed E-state index contributed by atoms with van der Waals surface area (Å²) in [5.41, 5.74) is 2.71. The highest BCUT2D eigenvalue weighted by atomic mass is 16.6. The van der Waals surface area contributed by atoms with Crippen LogP contribution in [0.3, 0.4) is 0 Å². The van der Waals surface area contributed by atoms with Gasteiger partial charge in [0.2, 0.25) is 0 Å². The maximum atomic E-state index is 11.8. The van der Waals surface area contributed by atoms with Crippen LogP contribution in [0.25, 0.3) is 11.1 Å². The normalized spacial score (nSPS) is 9.88. The summed E-state index contributed by atoms with van der Waals surface area (Å²) in [6, 6.07) is 25.9. The second kappa shape index (κ2) is 7.80. The van der Waals surface area contributed by atoms with Crippen molar-refractivity contribution in [2.24, 2.45) is 0 Å². The molecule has 3 aromatic carbocycles. The second-order valence-electron chi connectivity index (χ2n) is 5.29. The van der Waals surface area contributed by atoms with Crippen molar-refractivity contribution in [2.75, 3.05) is 6.61 Å². The molecule has 0 saturated heterocycles. The Balaban J connectivity index is 1.54. The number of carbonyl (C=O) groups is 1. The second-order valence-corrected chi connectivity index (χ2v) is 5.29. The minimum atomic E-state index is -0.503. The molecule has 4 nitrogen and oxygen atoms in total. The van der Waals surface area contributed by atoms with Crippen molar-refractivity contribution < 1.29 is 14.3 Å². The molecule has 122 valence electrons. The monoisotopic (exact) mass is 329 g/mol. The number of hydrogen-bond acceptors (Lipinski definition) is 4. The zero-order valence-electron chi connectivity index (χ0n) is 13.4. The van der Waals surface area contributed by atoms with Crippen molar-refractivity contribution in [3.63, 3.8) is 0 Å². The van der Waals surface area contributed by atoms with Gasteiger partial charge in [0, 0.05) is 0 Å². The lowest BCUT2D eigenvalue weighted by Crippen LogP contribution is -2.17. The fourth-order valence-corrected chi connectivity index (χ4v) is 2.27. The number of carbonyl (C=O) groups excluding carboxylic acids is 1. The summed E-state index contributed by atoms with van der Waals surface area (Å²) >= 11 is 0. The van der Waals surface area contributed by atoms with Gasteiger partial charge < -0.3 is 9.47 Å². The molecule has 4 heteroatoms. The van der Waals surface area contributed by atoms with Crippen LogP contribution in [0.1, 0.15) is 5.56 Å². The van der Waals surface area contributed by atoms with Gasteiger partial charge in [-0.25, -0.2) is 4.79 Å². The molecule has 0 bridgehead atoms. The molecule has 0 heterocycles. The Morgan fingerprint density at radius 3 is 2.04 bits per heavy atom. The van der Waals surface area contributed by atoms with Gasteiger partial charge in [0.15, 0.2) is 6.61 Å². The van der Waals surface area contributed by atoms with Gasteiger partial charge >= 0.3 is 5.97 Å². The SMILES string of the molecule is N#Cc1ccc(OC(=O)COc2ccc(-c3ccccc3)cc2)cc1. The van der Waals surface area contributed by atoms with E-state index in [0.717, 1.165) is 11.1 Å². The first-order chi connectivity index (χ1) is 12.2. The smallest absolute Gasteiger partial charge is 0.349 e. The molecule has 0 saturated carbocycles. The van der Waals surface area contributed by atoms with Crippen LogP contribution in [0.5, 0.6) is 11.5 Å². The van der Waals surface area contributed by atoms with E-state index in [1.165, 1.54) is 0 Å². The Labute approximate surface area is 145 Å². The molecule has 0 aliphatic carbocycles. The van der Waals surface area contributed by atoms with Crippen molar-refractivity contribution in [1.82, 2.24) is 0 Å². The molecule has 0 atom stereocenters. The lowest BCUT2D eigenvalue weighted by Gasteiger charge is -2.08. The molecular weight excluding hydrogens is 314 g/mol. The van der Waals surface area contributed by atoms with E-state index in [-0.39, 0.29) is 6.61 Å². The predicted octanol–water partition coefficient (Wildman–Crippen LogP) is 4.21. The van der Waals surface area contributed by atoms with Crippen LogP contribution in [-0.4, -0.2) is 12.6 Å². The average molecular weight is 329 g/mol. The Bertz CT molecular complexity index is 879. The summed E-state index contributed by atoms with van der Waals surface area (Å²) in [6.45, 7) is -0.190. The van der Waals surface area contributed by atoms with Crippen molar-refractivity contribution in [2.45, 2.75) is 0 Å². The Kier molecular flexibility index (Phi) is 5.08. The maximum absolute atomic E-state index is 11.8. The number of ether oxygens (including phenoxy) is 2. The molecule has 0 unspecified atom stereocenters. The van der Waals surface area contributed by atoms with Crippen LogP contribution in [0.4, 0.5) is 0 Å². The van der Waals surface area contributed by atoms with Crippen LogP contribution >= 0.6 is 0 Å². The molecule has 0 N–H and O–H groups in total. The minimum absolute atomic E-state index is 0.190. The van der Waals surface area contributed by atoms with Crippen molar-refractivity contribution >= 4 is 5.97 Å². The molecule has 3 rings (SSSR count). The predicted molar refractivity (Wildman–Crippen MR) is 94.2 cm³/mol. The first-order valence-electron chi connectivity index (χ1n) is 7.74. The highest BCUT2D eigenvalue weighted by Crippen LogP contribution is 2.22. The fraction of sp³-hybridized carbons (Fsp3) is 0.0476. The lowest BCUT2D eigenvalue weighted by atomic mass is 10.1. The average Bonchev–Trinajstić information content (AvgIpc) is 2.68. The zero-order chi connectivity index (χ0) is 17.5. The van der Waals surface area contributed by atoms with E-state index in [0.29, 0.717) is 17.1 Å². The van der Waals surface area contributed by atoms with Gasteiger partial charge in [-0.3, -0.25) is 0 Å². The molecule has 0 amide bonds. The van der Waals surface area contributed by atoms with Gasteiger partial charge in [0.1, 0.15) is 11.5 Å². The topological polar surface area (TPSA) is 59.3 Å². The minimum Gasteiger partial charge on any atom is -0.482 e. The van der Waals surface area contributed by atoms with Crippen LogP contribution in [0.2, 0.25) is 0 Å². The van der Waals surface area contributed by atoms with Gasteiger partial charge in [0.25, 0.3) is 0 Å². The molecule has 0 radical (unpaired) electrons. The van der Waals surface area contributed by atoms with E-state index in [9.17, 15) is 4.79 Å².